The minimum atomic E-state index is -2.78. The number of hydrogen-bond acceptors (Lipinski definition) is 10. The fourth-order valence-corrected chi connectivity index (χ4v) is 5.79. The maximum absolute atomic E-state index is 14.2. The van der Waals surface area contributed by atoms with Crippen molar-refractivity contribution in [2.45, 2.75) is 84.6 Å². The molecule has 0 bridgehead atoms. The third-order valence-electron chi connectivity index (χ3n) is 7.96. The summed E-state index contributed by atoms with van der Waals surface area (Å²) in [4.78, 5) is 39.4. The SMILES string of the molecule is CC(C)N(CC(F)F)C(=O)c1cc(F)ccc1Oc1nnc(Cl)c(N2CCC(Oc3ccnc4c3CN(C(=O)OC(C)(C)C)CC4)CC2)n1. The van der Waals surface area contributed by atoms with Gasteiger partial charge in [-0.3, -0.25) is 9.78 Å². The first-order valence-corrected chi connectivity index (χ1v) is 16.4. The normalized spacial score (nSPS) is 15.3. The van der Waals surface area contributed by atoms with Crippen molar-refractivity contribution in [3.63, 3.8) is 0 Å². The van der Waals surface area contributed by atoms with Crippen LogP contribution in [0.2, 0.25) is 5.15 Å². The van der Waals surface area contributed by atoms with Crippen LogP contribution in [0.3, 0.4) is 0 Å². The van der Waals surface area contributed by atoms with Crippen LogP contribution in [-0.2, 0) is 17.7 Å². The Morgan fingerprint density at radius 2 is 1.82 bits per heavy atom. The molecule has 0 radical (unpaired) electrons. The molecule has 0 spiro atoms. The molecule has 2 aliphatic rings. The zero-order valence-electron chi connectivity index (χ0n) is 28.0. The van der Waals surface area contributed by atoms with E-state index in [4.69, 9.17) is 25.8 Å². The minimum absolute atomic E-state index is 0.0236. The summed E-state index contributed by atoms with van der Waals surface area (Å²) in [5, 5.41) is 7.87. The van der Waals surface area contributed by atoms with Gasteiger partial charge in [0.15, 0.2) is 11.0 Å². The van der Waals surface area contributed by atoms with Crippen LogP contribution in [0.4, 0.5) is 23.8 Å². The number of carbonyl (C=O) groups is 2. The molecule has 1 fully saturated rings. The van der Waals surface area contributed by atoms with Crippen molar-refractivity contribution in [1.29, 1.82) is 0 Å². The van der Waals surface area contributed by atoms with Gasteiger partial charge in [0.1, 0.15) is 29.0 Å². The largest absolute Gasteiger partial charge is 0.490 e. The van der Waals surface area contributed by atoms with Gasteiger partial charge in [0.25, 0.3) is 12.3 Å². The molecule has 264 valence electrons. The second-order valence-electron chi connectivity index (χ2n) is 13.1. The molecule has 5 rings (SSSR count). The number of piperidine rings is 1. The van der Waals surface area contributed by atoms with E-state index in [0.717, 1.165) is 28.3 Å². The third kappa shape index (κ3) is 8.99. The fraction of sp³-hybridized carbons (Fsp3) is 0.515. The predicted octanol–water partition coefficient (Wildman–Crippen LogP) is 6.31. The maximum atomic E-state index is 14.2. The van der Waals surface area contributed by atoms with Gasteiger partial charge in [-0.15, -0.1) is 5.10 Å². The van der Waals surface area contributed by atoms with Crippen molar-refractivity contribution in [3.05, 3.63) is 58.3 Å². The van der Waals surface area contributed by atoms with Crippen molar-refractivity contribution in [1.82, 2.24) is 30.0 Å². The molecule has 0 saturated carbocycles. The molecular formula is C33H39ClF3N7O5. The molecule has 3 aromatic rings. The molecule has 1 aromatic carbocycles. The molecule has 1 saturated heterocycles. The molecule has 0 unspecified atom stereocenters. The molecule has 0 N–H and O–H groups in total. The number of rotatable bonds is 9. The van der Waals surface area contributed by atoms with Crippen LogP contribution in [0.5, 0.6) is 17.5 Å². The highest BCUT2D eigenvalue weighted by Gasteiger charge is 2.31. The average molecular weight is 706 g/mol. The van der Waals surface area contributed by atoms with Crippen molar-refractivity contribution >= 4 is 29.4 Å². The number of alkyl halides is 2. The number of benzene rings is 1. The zero-order chi connectivity index (χ0) is 35.5. The predicted molar refractivity (Wildman–Crippen MR) is 174 cm³/mol. The Kier molecular flexibility index (Phi) is 11.0. The molecule has 12 nitrogen and oxygen atoms in total. The van der Waals surface area contributed by atoms with Crippen molar-refractivity contribution in [3.8, 4) is 17.5 Å². The first-order valence-electron chi connectivity index (χ1n) is 16.0. The maximum Gasteiger partial charge on any atom is 0.410 e. The topological polar surface area (TPSA) is 123 Å². The summed E-state index contributed by atoms with van der Waals surface area (Å²) in [5.74, 6) is -0.745. The lowest BCUT2D eigenvalue weighted by Crippen LogP contribution is -2.41. The van der Waals surface area contributed by atoms with E-state index in [1.54, 1.807) is 31.0 Å². The van der Waals surface area contributed by atoms with E-state index in [1.165, 1.54) is 6.07 Å². The number of hydrogen-bond donors (Lipinski definition) is 0. The van der Waals surface area contributed by atoms with Crippen LogP contribution < -0.4 is 14.4 Å². The number of halogens is 4. The summed E-state index contributed by atoms with van der Waals surface area (Å²) < 4.78 is 58.4. The lowest BCUT2D eigenvalue weighted by Gasteiger charge is -2.35. The Hall–Kier alpha value is -4.40. The van der Waals surface area contributed by atoms with Crippen LogP contribution in [0.1, 0.15) is 69.1 Å². The highest BCUT2D eigenvalue weighted by molar-refractivity contribution is 6.31. The van der Waals surface area contributed by atoms with Crippen LogP contribution >= 0.6 is 11.6 Å². The van der Waals surface area contributed by atoms with Gasteiger partial charge in [-0.25, -0.2) is 18.0 Å². The molecule has 2 aliphatic heterocycles. The summed E-state index contributed by atoms with van der Waals surface area (Å²) in [6.07, 6.45) is 0.201. The van der Waals surface area contributed by atoms with Crippen LogP contribution in [-0.4, -0.2) is 92.3 Å². The zero-order valence-corrected chi connectivity index (χ0v) is 28.7. The molecule has 2 amide bonds. The molecule has 49 heavy (non-hydrogen) atoms. The molecule has 2 aromatic heterocycles. The summed E-state index contributed by atoms with van der Waals surface area (Å²) in [6, 6.07) is 4.16. The van der Waals surface area contributed by atoms with Gasteiger partial charge >= 0.3 is 12.1 Å². The number of ether oxygens (including phenoxy) is 3. The Balaban J connectivity index is 1.26. The van der Waals surface area contributed by atoms with E-state index in [9.17, 15) is 22.8 Å². The monoisotopic (exact) mass is 705 g/mol. The van der Waals surface area contributed by atoms with Crippen LogP contribution in [0, 0.1) is 5.82 Å². The molecule has 16 heteroatoms. The van der Waals surface area contributed by atoms with Gasteiger partial charge < -0.3 is 28.9 Å². The van der Waals surface area contributed by atoms with E-state index >= 15 is 0 Å². The Morgan fingerprint density at radius 1 is 1.08 bits per heavy atom. The minimum Gasteiger partial charge on any atom is -0.490 e. The van der Waals surface area contributed by atoms with Crippen LogP contribution in [0.15, 0.2) is 30.5 Å². The third-order valence-corrected chi connectivity index (χ3v) is 8.20. The smallest absolute Gasteiger partial charge is 0.410 e. The number of anilines is 1. The van der Waals surface area contributed by atoms with E-state index in [1.807, 2.05) is 25.7 Å². The lowest BCUT2D eigenvalue weighted by molar-refractivity contribution is 0.0219. The number of carbonyl (C=O) groups excluding carboxylic acids is 2. The van der Waals surface area contributed by atoms with Gasteiger partial charge in [0, 0.05) is 56.7 Å². The number of aromatic nitrogens is 4. The second-order valence-corrected chi connectivity index (χ2v) is 13.4. The lowest BCUT2D eigenvalue weighted by atomic mass is 10.0. The highest BCUT2D eigenvalue weighted by Crippen LogP contribution is 2.33. The van der Waals surface area contributed by atoms with Gasteiger partial charge in [0.05, 0.1) is 24.3 Å². The quantitative estimate of drug-likeness (QED) is 0.250. The average Bonchev–Trinajstić information content (AvgIpc) is 3.04. The summed E-state index contributed by atoms with van der Waals surface area (Å²) in [5.41, 5.74) is 0.875. The molecule has 0 aliphatic carbocycles. The van der Waals surface area contributed by atoms with Crippen molar-refractivity contribution < 1.29 is 37.0 Å². The van der Waals surface area contributed by atoms with E-state index < -0.39 is 36.3 Å². The number of fused-ring (bicyclic) bond motifs is 1. The van der Waals surface area contributed by atoms with Gasteiger partial charge in [0.2, 0.25) is 0 Å². The van der Waals surface area contributed by atoms with Crippen molar-refractivity contribution in [2.75, 3.05) is 31.1 Å². The molecule has 4 heterocycles. The van der Waals surface area contributed by atoms with Gasteiger partial charge in [-0.05, 0) is 58.9 Å². The van der Waals surface area contributed by atoms with Crippen molar-refractivity contribution in [2.24, 2.45) is 0 Å². The Morgan fingerprint density at radius 3 is 2.49 bits per heavy atom. The number of nitrogens with zero attached hydrogens (tertiary/aromatic N) is 7. The Bertz CT molecular complexity index is 1670. The van der Waals surface area contributed by atoms with Gasteiger partial charge in [-0.1, -0.05) is 16.7 Å². The van der Waals surface area contributed by atoms with E-state index in [0.29, 0.717) is 51.2 Å². The summed E-state index contributed by atoms with van der Waals surface area (Å²) >= 11 is 6.39. The van der Waals surface area contributed by atoms with E-state index in [-0.39, 0.29) is 40.5 Å². The fourth-order valence-electron chi connectivity index (χ4n) is 5.59. The Labute approximate surface area is 287 Å². The molecular weight excluding hydrogens is 667 g/mol. The van der Waals surface area contributed by atoms with Crippen LogP contribution in [0.25, 0.3) is 0 Å². The second kappa shape index (κ2) is 15.0. The molecule has 0 atom stereocenters. The standard InChI is InChI=1S/C33H39ClF3N7O5/c1-19(2)44(18-27(36)37)30(45)22-16-20(35)6-7-25(22)48-31-39-29(28(34)40-41-31)42-13-9-21(10-14-42)47-26-8-12-38-24-11-15-43(17-23(24)26)32(46)49-33(3,4)5/h6-8,12,16,19,21,27H,9-11,13-15,17-18H2,1-5H3. The summed E-state index contributed by atoms with van der Waals surface area (Å²) in [7, 11) is 0. The number of pyridine rings is 1. The number of amides is 2. The van der Waals surface area contributed by atoms with Gasteiger partial charge in [-0.2, -0.15) is 4.98 Å². The summed E-state index contributed by atoms with van der Waals surface area (Å²) in [6.45, 7) is 9.65. The van der Waals surface area contributed by atoms with E-state index in [2.05, 4.69) is 20.2 Å². The highest BCUT2D eigenvalue weighted by atomic mass is 35.5. The first-order chi connectivity index (χ1) is 23.2. The first kappa shape index (κ1) is 35.9.